The van der Waals surface area contributed by atoms with Crippen molar-refractivity contribution < 1.29 is 13.2 Å². The van der Waals surface area contributed by atoms with Crippen LogP contribution in [0.25, 0.3) is 0 Å². The maximum atomic E-state index is 12.9. The maximum Gasteiger partial charge on any atom is 0.418 e. The molecule has 4 heteroatoms. The Morgan fingerprint density at radius 3 is 2.20 bits per heavy atom. The molecule has 20 heavy (non-hydrogen) atoms. The summed E-state index contributed by atoms with van der Waals surface area (Å²) in [5, 5.41) is 2.95. The van der Waals surface area contributed by atoms with Crippen molar-refractivity contribution in [2.24, 2.45) is 0 Å². The Labute approximate surface area is 116 Å². The van der Waals surface area contributed by atoms with Gasteiger partial charge in [0.2, 0.25) is 0 Å². The largest absolute Gasteiger partial charge is 0.418 e. The molecule has 0 aromatic heterocycles. The van der Waals surface area contributed by atoms with Crippen LogP contribution in [0, 0.1) is 6.92 Å². The predicted octanol–water partition coefficient (Wildman–Crippen LogP) is 5.19. The quantitative estimate of drug-likeness (QED) is 0.815. The first-order valence-corrected chi connectivity index (χ1v) is 6.38. The summed E-state index contributed by atoms with van der Waals surface area (Å²) >= 11 is 0. The highest BCUT2D eigenvalue weighted by Crippen LogP contribution is 2.36. The number of alkyl halides is 3. The van der Waals surface area contributed by atoms with Crippen molar-refractivity contribution in [3.8, 4) is 0 Å². The number of halogens is 3. The van der Waals surface area contributed by atoms with Crippen molar-refractivity contribution in [2.45, 2.75) is 26.1 Å². The van der Waals surface area contributed by atoms with E-state index in [0.717, 1.165) is 17.2 Å². The summed E-state index contributed by atoms with van der Waals surface area (Å²) < 4.78 is 38.8. The summed E-state index contributed by atoms with van der Waals surface area (Å²) in [6.45, 7) is 3.80. The van der Waals surface area contributed by atoms with E-state index >= 15 is 0 Å². The highest BCUT2D eigenvalue weighted by molar-refractivity contribution is 5.54. The minimum atomic E-state index is -4.35. The average molecular weight is 279 g/mol. The molecule has 0 saturated heterocycles. The van der Waals surface area contributed by atoms with Crippen molar-refractivity contribution in [1.82, 2.24) is 0 Å². The minimum Gasteiger partial charge on any atom is -0.378 e. The Balaban J connectivity index is 2.29. The lowest BCUT2D eigenvalue weighted by Gasteiger charge is -2.21. The number of anilines is 1. The second kappa shape index (κ2) is 5.57. The third-order valence-electron chi connectivity index (χ3n) is 3.26. The second-order valence-corrected chi connectivity index (χ2v) is 4.77. The van der Waals surface area contributed by atoms with Crippen molar-refractivity contribution in [2.75, 3.05) is 5.32 Å². The van der Waals surface area contributed by atoms with Gasteiger partial charge in [0.1, 0.15) is 0 Å². The van der Waals surface area contributed by atoms with E-state index in [1.807, 2.05) is 38.1 Å². The molecular formula is C16H16F3N. The van der Waals surface area contributed by atoms with E-state index in [1.165, 1.54) is 12.1 Å². The molecule has 0 radical (unpaired) electrons. The molecule has 106 valence electrons. The molecule has 0 amide bonds. The zero-order valence-corrected chi connectivity index (χ0v) is 11.3. The lowest BCUT2D eigenvalue weighted by Crippen LogP contribution is -2.14. The number of aryl methyl sites for hydroxylation is 1. The first-order chi connectivity index (χ1) is 9.39. The summed E-state index contributed by atoms with van der Waals surface area (Å²) in [7, 11) is 0. The number of rotatable bonds is 3. The molecule has 0 spiro atoms. The van der Waals surface area contributed by atoms with E-state index < -0.39 is 11.7 Å². The Hall–Kier alpha value is -1.97. The number of hydrogen-bond acceptors (Lipinski definition) is 1. The van der Waals surface area contributed by atoms with Gasteiger partial charge in [-0.25, -0.2) is 0 Å². The second-order valence-electron chi connectivity index (χ2n) is 4.77. The number of benzene rings is 2. The average Bonchev–Trinajstić information content (AvgIpc) is 2.38. The van der Waals surface area contributed by atoms with Gasteiger partial charge < -0.3 is 5.32 Å². The van der Waals surface area contributed by atoms with Crippen LogP contribution in [0.1, 0.15) is 29.7 Å². The third kappa shape index (κ3) is 3.13. The predicted molar refractivity (Wildman–Crippen MR) is 74.7 cm³/mol. The molecule has 1 N–H and O–H groups in total. The zero-order chi connectivity index (χ0) is 14.8. The van der Waals surface area contributed by atoms with Crippen LogP contribution in [0.15, 0.2) is 48.5 Å². The van der Waals surface area contributed by atoms with Crippen LogP contribution >= 0.6 is 0 Å². The highest BCUT2D eigenvalue weighted by Gasteiger charge is 2.33. The zero-order valence-electron chi connectivity index (χ0n) is 11.3. The number of para-hydroxylation sites is 1. The standard InChI is InChI=1S/C16H16F3N/c1-11-7-3-4-8-13(11)12(2)20-15-10-6-5-9-14(15)16(17,18)19/h3-10,12,20H,1-2H3. The smallest absolute Gasteiger partial charge is 0.378 e. The van der Waals surface area contributed by atoms with Gasteiger partial charge >= 0.3 is 6.18 Å². The molecule has 0 aliphatic heterocycles. The van der Waals surface area contributed by atoms with Crippen molar-refractivity contribution in [3.63, 3.8) is 0 Å². The van der Waals surface area contributed by atoms with Crippen LogP contribution < -0.4 is 5.32 Å². The minimum absolute atomic E-state index is 0.107. The molecule has 0 fully saturated rings. The highest BCUT2D eigenvalue weighted by atomic mass is 19.4. The molecule has 1 atom stereocenters. The molecule has 2 aromatic carbocycles. The Morgan fingerprint density at radius 2 is 1.55 bits per heavy atom. The molecule has 0 aliphatic carbocycles. The normalized spacial score (nSPS) is 13.1. The van der Waals surface area contributed by atoms with E-state index in [-0.39, 0.29) is 11.7 Å². The van der Waals surface area contributed by atoms with Crippen molar-refractivity contribution >= 4 is 5.69 Å². The summed E-state index contributed by atoms with van der Waals surface area (Å²) in [6.07, 6.45) is -4.35. The van der Waals surface area contributed by atoms with Crippen molar-refractivity contribution in [1.29, 1.82) is 0 Å². The monoisotopic (exact) mass is 279 g/mol. The molecule has 0 bridgehead atoms. The van der Waals surface area contributed by atoms with Gasteiger partial charge in [-0.2, -0.15) is 13.2 Å². The van der Waals surface area contributed by atoms with Gasteiger partial charge in [0, 0.05) is 11.7 Å². The molecular weight excluding hydrogens is 263 g/mol. The first-order valence-electron chi connectivity index (χ1n) is 6.38. The fraction of sp³-hybridized carbons (Fsp3) is 0.250. The lowest BCUT2D eigenvalue weighted by molar-refractivity contribution is -0.137. The summed E-state index contributed by atoms with van der Waals surface area (Å²) in [5.41, 5.74) is 1.51. The SMILES string of the molecule is Cc1ccccc1C(C)Nc1ccccc1C(F)(F)F. The molecule has 1 unspecified atom stereocenters. The maximum absolute atomic E-state index is 12.9. The summed E-state index contributed by atoms with van der Waals surface area (Å²) in [6, 6.07) is 13.0. The van der Waals surface area contributed by atoms with E-state index in [1.54, 1.807) is 6.07 Å². The van der Waals surface area contributed by atoms with Gasteiger partial charge in [0.15, 0.2) is 0 Å². The Kier molecular flexibility index (Phi) is 4.02. The lowest BCUT2D eigenvalue weighted by atomic mass is 10.0. The van der Waals surface area contributed by atoms with Gasteiger partial charge in [-0.05, 0) is 37.1 Å². The van der Waals surface area contributed by atoms with Crippen molar-refractivity contribution in [3.05, 3.63) is 65.2 Å². The fourth-order valence-corrected chi connectivity index (χ4v) is 2.24. The van der Waals surface area contributed by atoms with Gasteiger partial charge in [0.25, 0.3) is 0 Å². The van der Waals surface area contributed by atoms with Gasteiger partial charge in [-0.1, -0.05) is 36.4 Å². The van der Waals surface area contributed by atoms with E-state index in [4.69, 9.17) is 0 Å². The first kappa shape index (κ1) is 14.4. The van der Waals surface area contributed by atoms with E-state index in [0.29, 0.717) is 0 Å². The number of nitrogens with one attached hydrogen (secondary N) is 1. The van der Waals surface area contributed by atoms with Gasteiger partial charge in [0.05, 0.1) is 5.56 Å². The van der Waals surface area contributed by atoms with Gasteiger partial charge in [-0.3, -0.25) is 0 Å². The van der Waals surface area contributed by atoms with E-state index in [2.05, 4.69) is 5.32 Å². The molecule has 2 aromatic rings. The molecule has 0 saturated carbocycles. The van der Waals surface area contributed by atoms with Crippen LogP contribution in [-0.4, -0.2) is 0 Å². The topological polar surface area (TPSA) is 12.0 Å². The van der Waals surface area contributed by atoms with Gasteiger partial charge in [-0.15, -0.1) is 0 Å². The molecule has 2 rings (SSSR count). The van der Waals surface area contributed by atoms with E-state index in [9.17, 15) is 13.2 Å². The van der Waals surface area contributed by atoms with Crippen LogP contribution in [-0.2, 0) is 6.18 Å². The molecule has 1 nitrogen and oxygen atoms in total. The van der Waals surface area contributed by atoms with Crippen LogP contribution in [0.4, 0.5) is 18.9 Å². The fourth-order valence-electron chi connectivity index (χ4n) is 2.24. The molecule has 0 heterocycles. The Morgan fingerprint density at radius 1 is 0.950 bits per heavy atom. The van der Waals surface area contributed by atoms with Crippen LogP contribution in [0.5, 0.6) is 0 Å². The molecule has 0 aliphatic rings. The number of hydrogen-bond donors (Lipinski definition) is 1. The summed E-state index contributed by atoms with van der Waals surface area (Å²) in [5.74, 6) is 0. The third-order valence-corrected chi connectivity index (χ3v) is 3.26. The summed E-state index contributed by atoms with van der Waals surface area (Å²) in [4.78, 5) is 0. The van der Waals surface area contributed by atoms with Crippen LogP contribution in [0.3, 0.4) is 0 Å². The Bertz CT molecular complexity index is 590. The van der Waals surface area contributed by atoms with Crippen LogP contribution in [0.2, 0.25) is 0 Å².